The van der Waals surface area contributed by atoms with Crippen LogP contribution in [0.15, 0.2) is 29.6 Å². The molecule has 1 N–H and O–H groups in total. The van der Waals surface area contributed by atoms with Crippen LogP contribution in [0, 0.1) is 12.8 Å². The maximum absolute atomic E-state index is 12.7. The highest BCUT2D eigenvalue weighted by Crippen LogP contribution is 2.30. The number of fused-ring (bicyclic) bond motifs is 1. The predicted molar refractivity (Wildman–Crippen MR) is 97.1 cm³/mol. The van der Waals surface area contributed by atoms with Crippen molar-refractivity contribution in [2.24, 2.45) is 5.92 Å². The van der Waals surface area contributed by atoms with Crippen molar-refractivity contribution in [2.45, 2.75) is 32.2 Å². The Morgan fingerprint density at radius 3 is 3.00 bits per heavy atom. The molecule has 0 saturated carbocycles. The average molecular weight is 341 g/mol. The predicted octanol–water partition coefficient (Wildman–Crippen LogP) is 2.87. The molecule has 2 aromatic rings. The number of hydrogen-bond donors (Lipinski definition) is 1. The minimum absolute atomic E-state index is 0.229. The second-order valence-corrected chi connectivity index (χ2v) is 7.74. The minimum atomic E-state index is 0.229. The van der Waals surface area contributed by atoms with Crippen molar-refractivity contribution in [1.82, 2.24) is 15.2 Å². The first-order valence-electron chi connectivity index (χ1n) is 8.72. The van der Waals surface area contributed by atoms with E-state index in [0.29, 0.717) is 18.4 Å². The van der Waals surface area contributed by atoms with Gasteiger partial charge in [-0.2, -0.15) is 0 Å². The van der Waals surface area contributed by atoms with Crippen LogP contribution in [0.2, 0.25) is 0 Å². The fraction of sp³-hybridized carbons (Fsp3) is 0.474. The second kappa shape index (κ2) is 6.65. The molecule has 2 saturated heterocycles. The Labute approximate surface area is 146 Å². The van der Waals surface area contributed by atoms with E-state index < -0.39 is 0 Å². The third-order valence-electron chi connectivity index (χ3n) is 5.23. The normalized spacial score (nSPS) is 23.3. The third-order valence-corrected chi connectivity index (χ3v) is 6.17. The van der Waals surface area contributed by atoms with Crippen molar-refractivity contribution in [3.8, 4) is 10.6 Å². The third kappa shape index (κ3) is 3.10. The Hall–Kier alpha value is -1.72. The molecule has 3 heterocycles. The lowest BCUT2D eigenvalue weighted by Crippen LogP contribution is -2.48. The molecule has 0 radical (unpaired) electrons. The Balaban J connectivity index is 1.44. The first kappa shape index (κ1) is 15.8. The van der Waals surface area contributed by atoms with E-state index in [-0.39, 0.29) is 5.91 Å². The van der Waals surface area contributed by atoms with Gasteiger partial charge in [0.1, 0.15) is 5.01 Å². The molecular formula is C19H23N3OS. The standard InChI is InChI=1S/C19H23N3OS/c1-13-2-4-15(5-3-13)19-21-16(12-24-19)10-18(23)22-9-7-14-6-8-20-11-17(14)22/h2-5,12,14,17,20H,6-11H2,1H3. The number of benzene rings is 1. The summed E-state index contributed by atoms with van der Waals surface area (Å²) in [6, 6.07) is 8.78. The van der Waals surface area contributed by atoms with Crippen LogP contribution < -0.4 is 5.32 Å². The zero-order valence-corrected chi connectivity index (χ0v) is 14.8. The van der Waals surface area contributed by atoms with Crippen molar-refractivity contribution in [2.75, 3.05) is 19.6 Å². The second-order valence-electron chi connectivity index (χ2n) is 6.88. The highest BCUT2D eigenvalue weighted by atomic mass is 32.1. The van der Waals surface area contributed by atoms with E-state index in [2.05, 4.69) is 46.4 Å². The number of aromatic nitrogens is 1. The summed E-state index contributed by atoms with van der Waals surface area (Å²) in [5, 5.41) is 6.45. The van der Waals surface area contributed by atoms with E-state index in [1.54, 1.807) is 11.3 Å². The molecule has 4 nitrogen and oxygen atoms in total. The van der Waals surface area contributed by atoms with Crippen LogP contribution in [-0.4, -0.2) is 41.5 Å². The SMILES string of the molecule is Cc1ccc(-c2nc(CC(=O)N3CCC4CCNCC43)cs2)cc1. The zero-order valence-electron chi connectivity index (χ0n) is 14.0. The number of hydrogen-bond acceptors (Lipinski definition) is 4. The van der Waals surface area contributed by atoms with Gasteiger partial charge in [-0.15, -0.1) is 11.3 Å². The number of thiazole rings is 1. The number of nitrogens with zero attached hydrogens (tertiary/aromatic N) is 2. The summed E-state index contributed by atoms with van der Waals surface area (Å²) in [5.74, 6) is 0.917. The van der Waals surface area contributed by atoms with Gasteiger partial charge < -0.3 is 10.2 Å². The quantitative estimate of drug-likeness (QED) is 0.934. The fourth-order valence-electron chi connectivity index (χ4n) is 3.85. The van der Waals surface area contributed by atoms with E-state index in [1.807, 2.05) is 5.38 Å². The Morgan fingerprint density at radius 1 is 1.33 bits per heavy atom. The van der Waals surface area contributed by atoms with Gasteiger partial charge in [0.25, 0.3) is 0 Å². The van der Waals surface area contributed by atoms with Crippen molar-refractivity contribution >= 4 is 17.2 Å². The van der Waals surface area contributed by atoms with E-state index in [1.165, 1.54) is 12.0 Å². The highest BCUT2D eigenvalue weighted by Gasteiger charge is 2.38. The molecule has 1 aromatic heterocycles. The summed E-state index contributed by atoms with van der Waals surface area (Å²) in [6.45, 7) is 5.03. The van der Waals surface area contributed by atoms with Gasteiger partial charge in [-0.25, -0.2) is 4.98 Å². The summed E-state index contributed by atoms with van der Waals surface area (Å²) in [6.07, 6.45) is 2.78. The molecule has 0 aliphatic carbocycles. The number of likely N-dealkylation sites (tertiary alicyclic amines) is 1. The van der Waals surface area contributed by atoms with Gasteiger partial charge in [0, 0.05) is 30.1 Å². The Kier molecular flexibility index (Phi) is 4.37. The molecule has 2 fully saturated rings. The number of carbonyl (C=O) groups excluding carboxylic acids is 1. The van der Waals surface area contributed by atoms with E-state index in [0.717, 1.165) is 42.3 Å². The first-order valence-corrected chi connectivity index (χ1v) is 9.60. The molecule has 2 atom stereocenters. The van der Waals surface area contributed by atoms with Crippen LogP contribution >= 0.6 is 11.3 Å². The fourth-order valence-corrected chi connectivity index (χ4v) is 4.68. The largest absolute Gasteiger partial charge is 0.338 e. The lowest BCUT2D eigenvalue weighted by atomic mass is 9.93. The summed E-state index contributed by atoms with van der Waals surface area (Å²) >= 11 is 1.62. The number of carbonyl (C=O) groups is 1. The molecule has 0 bridgehead atoms. The Bertz CT molecular complexity index is 724. The van der Waals surface area contributed by atoms with Crippen molar-refractivity contribution in [1.29, 1.82) is 0 Å². The first-order chi connectivity index (χ1) is 11.7. The van der Waals surface area contributed by atoms with Gasteiger partial charge in [-0.05, 0) is 32.2 Å². The van der Waals surface area contributed by atoms with Gasteiger partial charge in [-0.3, -0.25) is 4.79 Å². The number of nitrogens with one attached hydrogen (secondary N) is 1. The molecule has 2 unspecified atom stereocenters. The van der Waals surface area contributed by atoms with Crippen molar-refractivity contribution in [3.63, 3.8) is 0 Å². The summed E-state index contributed by atoms with van der Waals surface area (Å²) < 4.78 is 0. The molecule has 24 heavy (non-hydrogen) atoms. The van der Waals surface area contributed by atoms with Crippen molar-refractivity contribution in [3.05, 3.63) is 40.9 Å². The number of piperidine rings is 1. The monoisotopic (exact) mass is 341 g/mol. The molecule has 4 rings (SSSR count). The molecule has 2 aliphatic heterocycles. The maximum atomic E-state index is 12.7. The molecule has 0 spiro atoms. The summed E-state index contributed by atoms with van der Waals surface area (Å²) in [4.78, 5) is 19.5. The highest BCUT2D eigenvalue weighted by molar-refractivity contribution is 7.13. The van der Waals surface area contributed by atoms with Gasteiger partial charge in [0.05, 0.1) is 12.1 Å². The van der Waals surface area contributed by atoms with Crippen LogP contribution in [0.1, 0.15) is 24.1 Å². The van der Waals surface area contributed by atoms with Gasteiger partial charge in [-0.1, -0.05) is 29.8 Å². The van der Waals surface area contributed by atoms with Gasteiger partial charge in [0.2, 0.25) is 5.91 Å². The molecule has 2 aliphatic rings. The van der Waals surface area contributed by atoms with Crippen LogP contribution in [0.5, 0.6) is 0 Å². The van der Waals surface area contributed by atoms with E-state index in [4.69, 9.17) is 0 Å². The van der Waals surface area contributed by atoms with Crippen LogP contribution in [0.3, 0.4) is 0 Å². The molecule has 1 aromatic carbocycles. The molecular weight excluding hydrogens is 318 g/mol. The minimum Gasteiger partial charge on any atom is -0.338 e. The van der Waals surface area contributed by atoms with E-state index >= 15 is 0 Å². The topological polar surface area (TPSA) is 45.2 Å². The molecule has 1 amide bonds. The average Bonchev–Trinajstić information content (AvgIpc) is 3.22. The van der Waals surface area contributed by atoms with Gasteiger partial charge in [0.15, 0.2) is 0 Å². The van der Waals surface area contributed by atoms with Crippen molar-refractivity contribution < 1.29 is 4.79 Å². The smallest absolute Gasteiger partial charge is 0.228 e. The van der Waals surface area contributed by atoms with E-state index in [9.17, 15) is 4.79 Å². The molecule has 5 heteroatoms. The van der Waals surface area contributed by atoms with Gasteiger partial charge >= 0.3 is 0 Å². The number of aryl methyl sites for hydroxylation is 1. The number of rotatable bonds is 3. The lowest BCUT2D eigenvalue weighted by molar-refractivity contribution is -0.131. The summed E-state index contributed by atoms with van der Waals surface area (Å²) in [5.41, 5.74) is 3.27. The zero-order chi connectivity index (χ0) is 16.5. The van der Waals surface area contributed by atoms with Crippen LogP contribution in [-0.2, 0) is 11.2 Å². The summed E-state index contributed by atoms with van der Waals surface area (Å²) in [7, 11) is 0. The number of amides is 1. The van der Waals surface area contributed by atoms with Crippen LogP contribution in [0.4, 0.5) is 0 Å². The Morgan fingerprint density at radius 2 is 2.17 bits per heavy atom. The maximum Gasteiger partial charge on any atom is 0.228 e. The lowest BCUT2D eigenvalue weighted by Gasteiger charge is -2.32. The van der Waals surface area contributed by atoms with Crippen LogP contribution in [0.25, 0.3) is 10.6 Å². The molecule has 126 valence electrons.